The highest BCUT2D eigenvalue weighted by atomic mass is 19.1. The number of rotatable bonds is 6. The molecule has 2 nitrogen and oxygen atoms in total. The van der Waals surface area contributed by atoms with E-state index in [0.29, 0.717) is 30.7 Å². The van der Waals surface area contributed by atoms with Crippen molar-refractivity contribution in [2.75, 3.05) is 0 Å². The van der Waals surface area contributed by atoms with E-state index >= 15 is 0 Å². The Morgan fingerprint density at radius 2 is 1.79 bits per heavy atom. The second kappa shape index (κ2) is 7.22. The van der Waals surface area contributed by atoms with Crippen LogP contribution in [0.4, 0.5) is 8.78 Å². The molecule has 1 atom stereocenters. The van der Waals surface area contributed by atoms with Crippen molar-refractivity contribution in [3.05, 3.63) is 35.4 Å². The van der Waals surface area contributed by atoms with Gasteiger partial charge in [-0.2, -0.15) is 0 Å². The summed E-state index contributed by atoms with van der Waals surface area (Å²) in [5.74, 6) is -1.17. The molecule has 1 unspecified atom stereocenters. The number of ether oxygens (including phenoxy) is 1. The molecule has 0 radical (unpaired) electrons. The predicted molar refractivity (Wildman–Crippen MR) is 69.7 cm³/mol. The molecule has 0 amide bonds. The maximum Gasteiger partial charge on any atom is 0.305 e. The Morgan fingerprint density at radius 3 is 2.26 bits per heavy atom. The van der Waals surface area contributed by atoms with Crippen molar-refractivity contribution in [1.29, 1.82) is 0 Å². The van der Waals surface area contributed by atoms with Gasteiger partial charge >= 0.3 is 5.97 Å². The van der Waals surface area contributed by atoms with Crippen molar-refractivity contribution in [3.63, 3.8) is 0 Å². The molecule has 4 heteroatoms. The van der Waals surface area contributed by atoms with Gasteiger partial charge in [-0.3, -0.25) is 4.79 Å². The maximum absolute atomic E-state index is 13.1. The van der Waals surface area contributed by atoms with Gasteiger partial charge in [0.15, 0.2) is 0 Å². The van der Waals surface area contributed by atoms with Crippen LogP contribution in [0.25, 0.3) is 0 Å². The molecule has 0 saturated heterocycles. The van der Waals surface area contributed by atoms with Gasteiger partial charge in [0.1, 0.15) is 17.7 Å². The Bertz CT molecular complexity index is 410. The summed E-state index contributed by atoms with van der Waals surface area (Å²) < 4.78 is 31.6. The lowest BCUT2D eigenvalue weighted by Gasteiger charge is -2.19. The minimum atomic E-state index is -0.611. The second-order valence-corrected chi connectivity index (χ2v) is 5.08. The van der Waals surface area contributed by atoms with Crippen LogP contribution in [0.1, 0.15) is 39.2 Å². The first-order valence-electron chi connectivity index (χ1n) is 6.55. The number of benzene rings is 1. The lowest BCUT2D eigenvalue weighted by molar-refractivity contribution is -0.149. The molecule has 1 aromatic rings. The van der Waals surface area contributed by atoms with E-state index in [1.807, 2.05) is 13.8 Å². The number of halogens is 2. The Morgan fingerprint density at radius 1 is 1.21 bits per heavy atom. The van der Waals surface area contributed by atoms with Gasteiger partial charge in [0.05, 0.1) is 0 Å². The van der Waals surface area contributed by atoms with Gasteiger partial charge in [0, 0.05) is 18.9 Å². The number of carbonyl (C=O) groups is 1. The largest absolute Gasteiger partial charge is 0.462 e. The van der Waals surface area contributed by atoms with Gasteiger partial charge in [-0.1, -0.05) is 20.8 Å². The van der Waals surface area contributed by atoms with Crippen LogP contribution in [-0.2, 0) is 16.0 Å². The summed E-state index contributed by atoms with van der Waals surface area (Å²) in [6.45, 7) is 5.74. The Balaban J connectivity index is 2.77. The molecule has 0 aromatic heterocycles. The third-order valence-corrected chi connectivity index (χ3v) is 2.71. The van der Waals surface area contributed by atoms with Gasteiger partial charge in [-0.05, 0) is 30.0 Å². The molecule has 0 aliphatic heterocycles. The minimum absolute atomic E-state index is 0.289. The van der Waals surface area contributed by atoms with Crippen LogP contribution >= 0.6 is 0 Å². The van der Waals surface area contributed by atoms with E-state index in [0.717, 1.165) is 6.07 Å². The summed E-state index contributed by atoms with van der Waals surface area (Å²) in [4.78, 5) is 11.4. The van der Waals surface area contributed by atoms with Crippen LogP contribution < -0.4 is 0 Å². The zero-order valence-corrected chi connectivity index (χ0v) is 11.6. The third kappa shape index (κ3) is 5.81. The molecular weight excluding hydrogens is 250 g/mol. The summed E-state index contributed by atoms with van der Waals surface area (Å²) >= 11 is 0. The summed E-state index contributed by atoms with van der Waals surface area (Å²) in [7, 11) is 0. The van der Waals surface area contributed by atoms with Crippen LogP contribution in [0.2, 0.25) is 0 Å². The first-order valence-corrected chi connectivity index (χ1v) is 6.55. The van der Waals surface area contributed by atoms with Crippen LogP contribution in [0.5, 0.6) is 0 Å². The molecule has 106 valence electrons. The minimum Gasteiger partial charge on any atom is -0.462 e. The Labute approximate surface area is 112 Å². The lowest BCUT2D eigenvalue weighted by atomic mass is 9.99. The van der Waals surface area contributed by atoms with Gasteiger partial charge in [0.2, 0.25) is 0 Å². The Hall–Kier alpha value is -1.45. The van der Waals surface area contributed by atoms with E-state index in [-0.39, 0.29) is 12.1 Å². The van der Waals surface area contributed by atoms with Crippen LogP contribution in [-0.4, -0.2) is 12.1 Å². The van der Waals surface area contributed by atoms with Crippen molar-refractivity contribution in [2.24, 2.45) is 5.92 Å². The predicted octanol–water partition coefficient (Wildman–Crippen LogP) is 3.88. The number of hydrogen-bond donors (Lipinski definition) is 0. The zero-order valence-electron chi connectivity index (χ0n) is 11.6. The molecule has 0 spiro atoms. The molecule has 0 aliphatic rings. The molecule has 1 aromatic carbocycles. The third-order valence-electron chi connectivity index (χ3n) is 2.71. The van der Waals surface area contributed by atoms with Crippen molar-refractivity contribution in [2.45, 2.75) is 46.1 Å². The average molecular weight is 270 g/mol. The fourth-order valence-electron chi connectivity index (χ4n) is 1.96. The van der Waals surface area contributed by atoms with Crippen LogP contribution in [0.15, 0.2) is 18.2 Å². The first kappa shape index (κ1) is 15.6. The van der Waals surface area contributed by atoms with E-state index < -0.39 is 11.6 Å². The van der Waals surface area contributed by atoms with Gasteiger partial charge in [-0.25, -0.2) is 8.78 Å². The SMILES string of the molecule is CCC(=O)OC(Cc1cc(F)cc(F)c1)CC(C)C. The number of hydrogen-bond acceptors (Lipinski definition) is 2. The maximum atomic E-state index is 13.1. The molecule has 0 aliphatic carbocycles. The molecule has 19 heavy (non-hydrogen) atoms. The monoisotopic (exact) mass is 270 g/mol. The van der Waals surface area contributed by atoms with Gasteiger partial charge in [-0.15, -0.1) is 0 Å². The fraction of sp³-hybridized carbons (Fsp3) is 0.533. The van der Waals surface area contributed by atoms with E-state index in [1.54, 1.807) is 6.92 Å². The van der Waals surface area contributed by atoms with E-state index in [9.17, 15) is 13.6 Å². The highest BCUT2D eigenvalue weighted by Gasteiger charge is 2.16. The summed E-state index contributed by atoms with van der Waals surface area (Å²) in [6.07, 6.45) is 0.961. The first-order chi connectivity index (χ1) is 8.90. The lowest BCUT2D eigenvalue weighted by Crippen LogP contribution is -2.22. The molecule has 0 heterocycles. The Kier molecular flexibility index (Phi) is 5.93. The second-order valence-electron chi connectivity index (χ2n) is 5.08. The topological polar surface area (TPSA) is 26.3 Å². The molecule has 0 N–H and O–H groups in total. The standard InChI is InChI=1S/C15H20F2O2/c1-4-15(18)19-14(5-10(2)3)8-11-6-12(16)9-13(17)7-11/h6-7,9-10,14H,4-5,8H2,1-3H3. The van der Waals surface area contributed by atoms with Gasteiger partial charge in [0.25, 0.3) is 0 Å². The van der Waals surface area contributed by atoms with E-state index in [1.165, 1.54) is 12.1 Å². The number of carbonyl (C=O) groups excluding carboxylic acids is 1. The summed E-state index contributed by atoms with van der Waals surface area (Å²) in [5.41, 5.74) is 0.507. The molecule has 1 rings (SSSR count). The average Bonchev–Trinajstić information content (AvgIpc) is 2.26. The summed E-state index contributed by atoms with van der Waals surface area (Å²) in [6, 6.07) is 3.38. The fourth-order valence-corrected chi connectivity index (χ4v) is 1.96. The van der Waals surface area contributed by atoms with Gasteiger partial charge < -0.3 is 4.74 Å². The van der Waals surface area contributed by atoms with E-state index in [2.05, 4.69) is 0 Å². The highest BCUT2D eigenvalue weighted by Crippen LogP contribution is 2.17. The van der Waals surface area contributed by atoms with Crippen LogP contribution in [0.3, 0.4) is 0 Å². The van der Waals surface area contributed by atoms with Crippen molar-refractivity contribution < 1.29 is 18.3 Å². The quantitative estimate of drug-likeness (QED) is 0.733. The molecule has 0 bridgehead atoms. The van der Waals surface area contributed by atoms with Crippen molar-refractivity contribution in [3.8, 4) is 0 Å². The van der Waals surface area contributed by atoms with E-state index in [4.69, 9.17) is 4.74 Å². The zero-order chi connectivity index (χ0) is 14.4. The highest BCUT2D eigenvalue weighted by molar-refractivity contribution is 5.69. The molecule has 0 fully saturated rings. The normalized spacial score (nSPS) is 12.5. The molecular formula is C15H20F2O2. The van der Waals surface area contributed by atoms with Crippen molar-refractivity contribution in [1.82, 2.24) is 0 Å². The smallest absolute Gasteiger partial charge is 0.305 e. The number of esters is 1. The van der Waals surface area contributed by atoms with Crippen LogP contribution in [0, 0.1) is 17.6 Å². The molecule has 0 saturated carbocycles. The van der Waals surface area contributed by atoms with Crippen molar-refractivity contribution >= 4 is 5.97 Å². The summed E-state index contributed by atoms with van der Waals surface area (Å²) in [5, 5.41) is 0.